The molecule has 0 unspecified atom stereocenters. The first-order chi connectivity index (χ1) is 13.3. The van der Waals surface area contributed by atoms with Gasteiger partial charge in [0.15, 0.2) is 5.82 Å². The summed E-state index contributed by atoms with van der Waals surface area (Å²) in [4.78, 5) is 5.21. The Morgan fingerprint density at radius 3 is 2.07 bits per heavy atom. The van der Waals surface area contributed by atoms with Crippen LogP contribution in [-0.4, -0.2) is 47.3 Å². The second kappa shape index (κ2) is 7.23. The molecule has 0 atom stereocenters. The van der Waals surface area contributed by atoms with Crippen molar-refractivity contribution in [3.05, 3.63) is 42.5 Å². The molecule has 27 heavy (non-hydrogen) atoms. The maximum Gasteiger partial charge on any atom is 0.151 e. The van der Waals surface area contributed by atoms with Gasteiger partial charge in [-0.15, -0.1) is 10.2 Å². The Morgan fingerprint density at radius 2 is 1.48 bits per heavy atom. The summed E-state index contributed by atoms with van der Waals surface area (Å²) in [7, 11) is 0. The third kappa shape index (κ3) is 3.47. The molecule has 3 heterocycles. The summed E-state index contributed by atoms with van der Waals surface area (Å²) in [6, 6.07) is 15.5. The van der Waals surface area contributed by atoms with Gasteiger partial charge < -0.3 is 9.80 Å². The van der Waals surface area contributed by atoms with Crippen LogP contribution >= 0.6 is 0 Å². The Bertz CT molecular complexity index is 736. The van der Waals surface area contributed by atoms with E-state index in [0.29, 0.717) is 5.41 Å². The minimum absolute atomic E-state index is 0.591. The highest BCUT2D eigenvalue weighted by Gasteiger charge is 2.39. The highest BCUT2D eigenvalue weighted by Crippen LogP contribution is 2.43. The minimum atomic E-state index is 0.591. The molecule has 4 nitrogen and oxygen atoms in total. The number of aromatic nitrogens is 2. The first kappa shape index (κ1) is 17.2. The van der Waals surface area contributed by atoms with Crippen molar-refractivity contribution in [2.24, 2.45) is 5.41 Å². The first-order valence-corrected chi connectivity index (χ1v) is 10.7. The van der Waals surface area contributed by atoms with E-state index in [1.165, 1.54) is 58.0 Å². The lowest BCUT2D eigenvalue weighted by atomic mass is 9.70. The lowest BCUT2D eigenvalue weighted by molar-refractivity contribution is 0.0305. The summed E-state index contributed by atoms with van der Waals surface area (Å²) in [5.41, 5.74) is 2.68. The zero-order valence-electron chi connectivity index (χ0n) is 16.2. The van der Waals surface area contributed by atoms with Crippen molar-refractivity contribution in [1.82, 2.24) is 15.1 Å². The highest BCUT2D eigenvalue weighted by atomic mass is 15.3. The molecule has 1 spiro atoms. The quantitative estimate of drug-likeness (QED) is 0.811. The first-order valence-electron chi connectivity index (χ1n) is 10.7. The van der Waals surface area contributed by atoms with Gasteiger partial charge in [-0.05, 0) is 69.2 Å². The van der Waals surface area contributed by atoms with Crippen LogP contribution in [0.25, 0.3) is 11.3 Å². The number of rotatable bonds is 3. The fraction of sp³-hybridized carbons (Fsp3) is 0.565. The van der Waals surface area contributed by atoms with Crippen molar-refractivity contribution < 1.29 is 0 Å². The van der Waals surface area contributed by atoms with Gasteiger partial charge in [0.2, 0.25) is 0 Å². The van der Waals surface area contributed by atoms with E-state index in [1.807, 2.05) is 18.2 Å². The SMILES string of the molecule is c1ccc(-c2ccc(N3CCC4(CC3)CCN(C3CCC3)CC4)nn2)cc1. The predicted molar refractivity (Wildman–Crippen MR) is 110 cm³/mol. The summed E-state index contributed by atoms with van der Waals surface area (Å²) in [6.45, 7) is 4.91. The number of likely N-dealkylation sites (tertiary alicyclic amines) is 1. The fourth-order valence-corrected chi connectivity index (χ4v) is 5.08. The van der Waals surface area contributed by atoms with Crippen LogP contribution in [0.5, 0.6) is 0 Å². The lowest BCUT2D eigenvalue weighted by Crippen LogP contribution is -2.51. The summed E-state index contributed by atoms with van der Waals surface area (Å²) >= 11 is 0. The third-order valence-electron chi connectivity index (χ3n) is 7.32. The molecule has 0 N–H and O–H groups in total. The Labute approximate surface area is 162 Å². The van der Waals surface area contributed by atoms with E-state index < -0.39 is 0 Å². The van der Waals surface area contributed by atoms with E-state index in [0.717, 1.165) is 36.2 Å². The number of piperidine rings is 2. The molecule has 0 amide bonds. The molecule has 1 aliphatic carbocycles. The topological polar surface area (TPSA) is 32.3 Å². The molecule has 0 radical (unpaired) electrons. The van der Waals surface area contributed by atoms with Crippen molar-refractivity contribution in [3.8, 4) is 11.3 Å². The third-order valence-corrected chi connectivity index (χ3v) is 7.32. The zero-order valence-corrected chi connectivity index (χ0v) is 16.2. The Morgan fingerprint density at radius 1 is 0.778 bits per heavy atom. The summed E-state index contributed by atoms with van der Waals surface area (Å²) in [5.74, 6) is 1.04. The van der Waals surface area contributed by atoms with Gasteiger partial charge in [0, 0.05) is 24.7 Å². The van der Waals surface area contributed by atoms with Crippen LogP contribution < -0.4 is 4.90 Å². The Hall–Kier alpha value is -1.94. The molecule has 2 aliphatic heterocycles. The van der Waals surface area contributed by atoms with Crippen molar-refractivity contribution in [2.45, 2.75) is 51.0 Å². The summed E-state index contributed by atoms with van der Waals surface area (Å²) in [5, 5.41) is 9.01. The van der Waals surface area contributed by atoms with Crippen molar-refractivity contribution >= 4 is 5.82 Å². The highest BCUT2D eigenvalue weighted by molar-refractivity contribution is 5.59. The van der Waals surface area contributed by atoms with Gasteiger partial charge >= 0.3 is 0 Å². The van der Waals surface area contributed by atoms with E-state index in [-0.39, 0.29) is 0 Å². The fourth-order valence-electron chi connectivity index (χ4n) is 5.08. The van der Waals surface area contributed by atoms with Crippen LogP contribution in [-0.2, 0) is 0 Å². The molecular formula is C23H30N4. The second-order valence-electron chi connectivity index (χ2n) is 8.75. The molecular weight excluding hydrogens is 332 g/mol. The van der Waals surface area contributed by atoms with Gasteiger partial charge in [0.05, 0.1) is 5.69 Å². The van der Waals surface area contributed by atoms with E-state index >= 15 is 0 Å². The van der Waals surface area contributed by atoms with Crippen LogP contribution in [0.15, 0.2) is 42.5 Å². The zero-order chi connectivity index (χ0) is 18.1. The van der Waals surface area contributed by atoms with E-state index in [2.05, 4.69) is 44.3 Å². The maximum absolute atomic E-state index is 4.53. The molecule has 142 valence electrons. The minimum Gasteiger partial charge on any atom is -0.355 e. The van der Waals surface area contributed by atoms with Crippen LogP contribution in [0.1, 0.15) is 44.9 Å². The standard InChI is InChI=1S/C23H30N4/c1-2-5-19(6-3-1)21-9-10-22(25-24-21)27-17-13-23(14-18-27)11-15-26(16-12-23)20-7-4-8-20/h1-3,5-6,9-10,20H,4,7-8,11-18H2. The summed E-state index contributed by atoms with van der Waals surface area (Å²) in [6.07, 6.45) is 9.76. The molecule has 3 fully saturated rings. The lowest BCUT2D eigenvalue weighted by Gasteiger charge is -2.50. The van der Waals surface area contributed by atoms with Gasteiger partial charge in [-0.1, -0.05) is 36.8 Å². The largest absolute Gasteiger partial charge is 0.355 e. The van der Waals surface area contributed by atoms with E-state index in [1.54, 1.807) is 0 Å². The molecule has 0 bridgehead atoms. The van der Waals surface area contributed by atoms with Gasteiger partial charge in [-0.3, -0.25) is 0 Å². The number of nitrogens with zero attached hydrogens (tertiary/aromatic N) is 4. The Balaban J connectivity index is 1.18. The Kier molecular flexibility index (Phi) is 4.60. The predicted octanol–water partition coefficient (Wildman–Crippen LogP) is 4.38. The average Bonchev–Trinajstić information content (AvgIpc) is 2.70. The van der Waals surface area contributed by atoms with E-state index in [9.17, 15) is 0 Å². The second-order valence-corrected chi connectivity index (χ2v) is 8.75. The van der Waals surface area contributed by atoms with Crippen LogP contribution in [0.4, 0.5) is 5.82 Å². The smallest absolute Gasteiger partial charge is 0.151 e. The van der Waals surface area contributed by atoms with E-state index in [4.69, 9.17) is 0 Å². The average molecular weight is 363 g/mol. The maximum atomic E-state index is 4.53. The van der Waals surface area contributed by atoms with Crippen LogP contribution in [0.2, 0.25) is 0 Å². The number of hydrogen-bond acceptors (Lipinski definition) is 4. The molecule has 2 aromatic rings. The molecule has 1 aromatic heterocycles. The molecule has 1 aromatic carbocycles. The van der Waals surface area contributed by atoms with Crippen LogP contribution in [0, 0.1) is 5.41 Å². The van der Waals surface area contributed by atoms with Crippen molar-refractivity contribution in [1.29, 1.82) is 0 Å². The number of hydrogen-bond donors (Lipinski definition) is 0. The van der Waals surface area contributed by atoms with Gasteiger partial charge in [-0.2, -0.15) is 0 Å². The van der Waals surface area contributed by atoms with Crippen LogP contribution in [0.3, 0.4) is 0 Å². The molecule has 2 saturated heterocycles. The number of benzene rings is 1. The number of anilines is 1. The van der Waals surface area contributed by atoms with Crippen molar-refractivity contribution in [3.63, 3.8) is 0 Å². The van der Waals surface area contributed by atoms with Crippen molar-refractivity contribution in [2.75, 3.05) is 31.1 Å². The molecule has 4 heteroatoms. The monoisotopic (exact) mass is 362 g/mol. The molecule has 1 saturated carbocycles. The normalized spacial score (nSPS) is 23.3. The molecule has 3 aliphatic rings. The summed E-state index contributed by atoms with van der Waals surface area (Å²) < 4.78 is 0. The molecule has 5 rings (SSSR count). The van der Waals surface area contributed by atoms with Gasteiger partial charge in [0.25, 0.3) is 0 Å². The van der Waals surface area contributed by atoms with Gasteiger partial charge in [0.1, 0.15) is 0 Å². The van der Waals surface area contributed by atoms with Gasteiger partial charge in [-0.25, -0.2) is 0 Å².